The van der Waals surface area contributed by atoms with Crippen molar-refractivity contribution in [1.29, 1.82) is 0 Å². The smallest absolute Gasteiger partial charge is 0.193 e. The van der Waals surface area contributed by atoms with Crippen molar-refractivity contribution in [2.45, 2.75) is 58.1 Å². The largest absolute Gasteiger partial charge is 0.378 e. The number of nitrogens with one attached hydrogen (secondary N) is 1. The van der Waals surface area contributed by atoms with E-state index in [9.17, 15) is 0 Å². The Labute approximate surface area is 156 Å². The molecule has 2 unspecified atom stereocenters. The van der Waals surface area contributed by atoms with Crippen LogP contribution in [0.25, 0.3) is 0 Å². The summed E-state index contributed by atoms with van der Waals surface area (Å²) in [4.78, 5) is 4.67. The van der Waals surface area contributed by atoms with Crippen LogP contribution in [-0.2, 0) is 17.6 Å². The molecule has 0 bridgehead atoms. The number of aliphatic imine (C=N–C) groups is 1. The van der Waals surface area contributed by atoms with Crippen LogP contribution in [0.15, 0.2) is 23.2 Å². The molecule has 2 aliphatic rings. The molecule has 4 nitrogen and oxygen atoms in total. The third-order valence-corrected chi connectivity index (χ3v) is 5.90. The molecule has 3 N–H and O–H groups in total. The quantitative estimate of drug-likeness (QED) is 0.438. The molecule has 1 aromatic carbocycles. The second-order valence-electron chi connectivity index (χ2n) is 7.35. The second kappa shape index (κ2) is 6.59. The summed E-state index contributed by atoms with van der Waals surface area (Å²) in [6.45, 7) is 6.52. The number of methoxy groups -OCH3 is 1. The van der Waals surface area contributed by atoms with Crippen LogP contribution in [0.4, 0.5) is 5.69 Å². The lowest BCUT2D eigenvalue weighted by Gasteiger charge is -2.57. The number of hydrogen-bond donors (Lipinski definition) is 2. The Kier molecular flexibility index (Phi) is 5.31. The van der Waals surface area contributed by atoms with Gasteiger partial charge in [-0.25, -0.2) is 4.99 Å². The predicted molar refractivity (Wildman–Crippen MR) is 107 cm³/mol. The van der Waals surface area contributed by atoms with Crippen molar-refractivity contribution in [3.05, 3.63) is 29.3 Å². The Morgan fingerprint density at radius 3 is 2.61 bits per heavy atom. The molecule has 128 valence electrons. The molecule has 2 atom stereocenters. The number of rotatable bonds is 3. The first kappa shape index (κ1) is 18.5. The zero-order chi connectivity index (χ0) is 16.0. The molecule has 1 aromatic rings. The van der Waals surface area contributed by atoms with E-state index in [0.29, 0.717) is 5.96 Å². The van der Waals surface area contributed by atoms with Gasteiger partial charge >= 0.3 is 0 Å². The van der Waals surface area contributed by atoms with Crippen LogP contribution in [0.2, 0.25) is 0 Å². The van der Waals surface area contributed by atoms with Gasteiger partial charge < -0.3 is 15.8 Å². The van der Waals surface area contributed by atoms with E-state index in [1.54, 1.807) is 7.11 Å². The zero-order valence-electron chi connectivity index (χ0n) is 14.5. The van der Waals surface area contributed by atoms with Crippen LogP contribution in [0.3, 0.4) is 0 Å². The molecule has 3 rings (SSSR count). The fraction of sp³-hybridized carbons (Fsp3) is 0.611. The lowest BCUT2D eigenvalue weighted by Crippen LogP contribution is -2.62. The van der Waals surface area contributed by atoms with Gasteiger partial charge in [-0.05, 0) is 55.9 Å². The second-order valence-corrected chi connectivity index (χ2v) is 7.35. The maximum absolute atomic E-state index is 6.11. The highest BCUT2D eigenvalue weighted by molar-refractivity contribution is 14.0. The van der Waals surface area contributed by atoms with E-state index >= 15 is 0 Å². The molecule has 0 radical (unpaired) electrons. The molecule has 5 heteroatoms. The number of hydrogen-bond acceptors (Lipinski definition) is 2. The van der Waals surface area contributed by atoms with Crippen molar-refractivity contribution in [3.8, 4) is 0 Å². The van der Waals surface area contributed by atoms with Crippen molar-refractivity contribution in [2.75, 3.05) is 12.4 Å². The van der Waals surface area contributed by atoms with Gasteiger partial charge in [0, 0.05) is 18.2 Å². The van der Waals surface area contributed by atoms with Gasteiger partial charge in [0.1, 0.15) is 0 Å². The van der Waals surface area contributed by atoms with Crippen LogP contribution < -0.4 is 11.1 Å². The summed E-state index contributed by atoms with van der Waals surface area (Å²) in [5.74, 6) is 0.495. The summed E-state index contributed by atoms with van der Waals surface area (Å²) in [6, 6.07) is 6.69. The summed E-state index contributed by atoms with van der Waals surface area (Å²) in [6.07, 6.45) is 4.53. The number of fused-ring (bicyclic) bond motifs is 1. The lowest BCUT2D eigenvalue weighted by atomic mass is 9.56. The summed E-state index contributed by atoms with van der Waals surface area (Å²) in [5, 5.41) is 3.24. The van der Waals surface area contributed by atoms with E-state index in [0.717, 1.165) is 12.1 Å². The maximum Gasteiger partial charge on any atom is 0.193 e. The van der Waals surface area contributed by atoms with Gasteiger partial charge in [-0.3, -0.25) is 0 Å². The summed E-state index contributed by atoms with van der Waals surface area (Å²) in [5.41, 5.74) is 9.93. The minimum absolute atomic E-state index is 0. The van der Waals surface area contributed by atoms with Crippen LogP contribution in [0.1, 0.15) is 44.7 Å². The van der Waals surface area contributed by atoms with Gasteiger partial charge in [0.15, 0.2) is 5.96 Å². The van der Waals surface area contributed by atoms with Crippen molar-refractivity contribution < 1.29 is 4.74 Å². The SMILES string of the molecule is COC1(C)CC(N=C(N)Nc2ccc3c(c2)CCC3)C1(C)C.I. The molecule has 0 aromatic heterocycles. The number of guanidine groups is 1. The number of aryl methyl sites for hydroxylation is 2. The van der Waals surface area contributed by atoms with Crippen molar-refractivity contribution >= 4 is 35.6 Å². The summed E-state index contributed by atoms with van der Waals surface area (Å²) < 4.78 is 5.64. The zero-order valence-corrected chi connectivity index (χ0v) is 16.8. The van der Waals surface area contributed by atoms with Gasteiger partial charge in [-0.15, -0.1) is 24.0 Å². The molecular formula is C18H28IN3O. The first-order valence-electron chi connectivity index (χ1n) is 8.13. The number of anilines is 1. The Morgan fingerprint density at radius 2 is 1.96 bits per heavy atom. The molecule has 0 aliphatic heterocycles. The predicted octanol–water partition coefficient (Wildman–Crippen LogP) is 3.72. The van der Waals surface area contributed by atoms with E-state index in [1.165, 1.54) is 30.4 Å². The molecule has 2 aliphatic carbocycles. The van der Waals surface area contributed by atoms with E-state index in [2.05, 4.69) is 49.3 Å². The van der Waals surface area contributed by atoms with Crippen LogP contribution in [-0.4, -0.2) is 24.7 Å². The van der Waals surface area contributed by atoms with Crippen molar-refractivity contribution in [3.63, 3.8) is 0 Å². The third kappa shape index (κ3) is 3.22. The number of ether oxygens (including phenoxy) is 1. The molecular weight excluding hydrogens is 401 g/mol. The first-order chi connectivity index (χ1) is 10.4. The molecule has 1 fully saturated rings. The van der Waals surface area contributed by atoms with Crippen LogP contribution >= 0.6 is 24.0 Å². The fourth-order valence-corrected chi connectivity index (χ4v) is 3.66. The van der Waals surface area contributed by atoms with E-state index in [1.807, 2.05) is 0 Å². The van der Waals surface area contributed by atoms with Gasteiger partial charge in [0.2, 0.25) is 0 Å². The Morgan fingerprint density at radius 1 is 1.26 bits per heavy atom. The highest BCUT2D eigenvalue weighted by atomic mass is 127. The van der Waals surface area contributed by atoms with E-state index < -0.39 is 0 Å². The average Bonchev–Trinajstić information content (AvgIpc) is 2.94. The minimum Gasteiger partial charge on any atom is -0.378 e. The van der Waals surface area contributed by atoms with Crippen LogP contribution in [0.5, 0.6) is 0 Å². The maximum atomic E-state index is 6.11. The van der Waals surface area contributed by atoms with Crippen LogP contribution in [0, 0.1) is 5.41 Å². The van der Waals surface area contributed by atoms with E-state index in [-0.39, 0.29) is 41.0 Å². The standard InChI is InChI=1S/C18H27N3O.HI/c1-17(2)15(11-18(17,3)22-4)21-16(19)20-14-9-8-12-6-5-7-13(12)10-14;/h8-10,15H,5-7,11H2,1-4H3,(H3,19,20,21);1H. The van der Waals surface area contributed by atoms with Crippen molar-refractivity contribution in [1.82, 2.24) is 0 Å². The number of benzene rings is 1. The monoisotopic (exact) mass is 429 g/mol. The molecule has 1 saturated carbocycles. The summed E-state index contributed by atoms with van der Waals surface area (Å²) in [7, 11) is 1.77. The van der Waals surface area contributed by atoms with Gasteiger partial charge in [0.25, 0.3) is 0 Å². The number of halogens is 1. The average molecular weight is 429 g/mol. The highest BCUT2D eigenvalue weighted by Crippen LogP contribution is 2.53. The van der Waals surface area contributed by atoms with Crippen molar-refractivity contribution in [2.24, 2.45) is 16.1 Å². The molecule has 0 heterocycles. The fourth-order valence-electron chi connectivity index (χ4n) is 3.66. The molecule has 0 amide bonds. The topological polar surface area (TPSA) is 59.6 Å². The molecule has 0 saturated heterocycles. The van der Waals surface area contributed by atoms with Gasteiger partial charge in [0.05, 0.1) is 11.6 Å². The minimum atomic E-state index is -0.116. The summed E-state index contributed by atoms with van der Waals surface area (Å²) >= 11 is 0. The normalized spacial score (nSPS) is 28.5. The Balaban J connectivity index is 0.00000192. The highest BCUT2D eigenvalue weighted by Gasteiger charge is 2.58. The van der Waals surface area contributed by atoms with Gasteiger partial charge in [-0.1, -0.05) is 19.9 Å². The molecule has 0 spiro atoms. The lowest BCUT2D eigenvalue weighted by molar-refractivity contribution is -0.171. The number of nitrogens with two attached hydrogens (primary N) is 1. The Hall–Kier alpha value is -0.820. The molecule has 23 heavy (non-hydrogen) atoms. The van der Waals surface area contributed by atoms with Gasteiger partial charge in [-0.2, -0.15) is 0 Å². The first-order valence-corrected chi connectivity index (χ1v) is 8.13. The Bertz CT molecular complexity index is 614. The third-order valence-electron chi connectivity index (χ3n) is 5.90. The van der Waals surface area contributed by atoms with E-state index in [4.69, 9.17) is 10.5 Å². The number of nitrogens with zero attached hydrogens (tertiary/aromatic N) is 1.